The van der Waals surface area contributed by atoms with Gasteiger partial charge in [0.25, 0.3) is 5.91 Å². The van der Waals surface area contributed by atoms with E-state index in [0.717, 1.165) is 31.0 Å². The molecule has 3 rings (SSSR count). The number of carbonyl (C=O) groups excluding carboxylic acids is 2. The molecule has 0 aromatic heterocycles. The summed E-state index contributed by atoms with van der Waals surface area (Å²) in [7, 11) is -3.95. The number of rotatable bonds is 7. The summed E-state index contributed by atoms with van der Waals surface area (Å²) < 4.78 is 45.7. The molecule has 2 aromatic rings. The standard InChI is InChI=1S/C19H17Cl2FN2O5S/c1-10(18(25)23-13-4-2-3-11(22)7-13)29-19(26)14-8-17(16(21)9-15(14)20)30(27,28)24-12-5-6-12/h2-4,7-10,12,24H,5-6H2,1H3,(H,23,25). The van der Waals surface area contributed by atoms with Gasteiger partial charge in [0.15, 0.2) is 6.10 Å². The maximum absolute atomic E-state index is 13.2. The molecule has 0 bridgehead atoms. The zero-order valence-electron chi connectivity index (χ0n) is 15.6. The van der Waals surface area contributed by atoms with E-state index in [1.807, 2.05) is 0 Å². The number of hydrogen-bond acceptors (Lipinski definition) is 5. The molecule has 160 valence electrons. The highest BCUT2D eigenvalue weighted by Gasteiger charge is 2.31. The summed E-state index contributed by atoms with van der Waals surface area (Å²) in [5.41, 5.74) is -0.0744. The predicted molar refractivity (Wildman–Crippen MR) is 110 cm³/mol. The third-order valence-electron chi connectivity index (χ3n) is 4.18. The fraction of sp³-hybridized carbons (Fsp3) is 0.263. The Labute approximate surface area is 182 Å². The molecule has 1 unspecified atom stereocenters. The second-order valence-corrected chi connectivity index (χ2v) is 9.20. The van der Waals surface area contributed by atoms with Crippen molar-refractivity contribution in [2.45, 2.75) is 36.8 Å². The molecule has 0 saturated heterocycles. The lowest BCUT2D eigenvalue weighted by atomic mass is 10.2. The first-order chi connectivity index (χ1) is 14.1. The number of hydrogen-bond donors (Lipinski definition) is 2. The van der Waals surface area contributed by atoms with E-state index in [9.17, 15) is 22.4 Å². The Hall–Kier alpha value is -2.20. The maximum atomic E-state index is 13.2. The van der Waals surface area contributed by atoms with Gasteiger partial charge in [-0.1, -0.05) is 29.3 Å². The minimum atomic E-state index is -3.95. The molecular formula is C19H17Cl2FN2O5S. The molecule has 0 radical (unpaired) electrons. The molecule has 1 aliphatic rings. The molecule has 2 N–H and O–H groups in total. The van der Waals surface area contributed by atoms with E-state index in [1.54, 1.807) is 0 Å². The molecular weight excluding hydrogens is 458 g/mol. The number of halogens is 3. The predicted octanol–water partition coefficient (Wildman–Crippen LogP) is 3.76. The highest BCUT2D eigenvalue weighted by atomic mass is 35.5. The Kier molecular flexibility index (Phi) is 6.66. The molecule has 30 heavy (non-hydrogen) atoms. The maximum Gasteiger partial charge on any atom is 0.340 e. The van der Waals surface area contributed by atoms with Gasteiger partial charge in [-0.05, 0) is 50.1 Å². The van der Waals surface area contributed by atoms with Crippen LogP contribution in [-0.2, 0) is 19.6 Å². The first-order valence-electron chi connectivity index (χ1n) is 8.85. The number of sulfonamides is 1. The highest BCUT2D eigenvalue weighted by molar-refractivity contribution is 7.89. The van der Waals surface area contributed by atoms with Gasteiger partial charge >= 0.3 is 5.97 Å². The zero-order valence-corrected chi connectivity index (χ0v) is 17.9. The van der Waals surface area contributed by atoms with Gasteiger partial charge in [0.1, 0.15) is 10.7 Å². The van der Waals surface area contributed by atoms with Crippen LogP contribution in [0.1, 0.15) is 30.1 Å². The Bertz CT molecular complexity index is 1110. The monoisotopic (exact) mass is 474 g/mol. The minimum Gasteiger partial charge on any atom is -0.449 e. The van der Waals surface area contributed by atoms with Crippen LogP contribution in [0.15, 0.2) is 41.3 Å². The highest BCUT2D eigenvalue weighted by Crippen LogP contribution is 2.31. The molecule has 1 fully saturated rings. The van der Waals surface area contributed by atoms with Crippen molar-refractivity contribution in [2.75, 3.05) is 5.32 Å². The van der Waals surface area contributed by atoms with E-state index >= 15 is 0 Å². The van der Waals surface area contributed by atoms with Gasteiger partial charge in [0.05, 0.1) is 15.6 Å². The SMILES string of the molecule is CC(OC(=O)c1cc(S(=O)(=O)NC2CC2)c(Cl)cc1Cl)C(=O)Nc1cccc(F)c1. The number of amides is 1. The lowest BCUT2D eigenvalue weighted by molar-refractivity contribution is -0.123. The lowest BCUT2D eigenvalue weighted by Crippen LogP contribution is -2.30. The Morgan fingerprint density at radius 3 is 2.50 bits per heavy atom. The summed E-state index contributed by atoms with van der Waals surface area (Å²) in [5, 5.41) is 2.13. The molecule has 11 heteroatoms. The number of carbonyl (C=O) groups is 2. The van der Waals surface area contributed by atoms with Gasteiger partial charge in [-0.25, -0.2) is 22.3 Å². The first-order valence-corrected chi connectivity index (χ1v) is 11.1. The lowest BCUT2D eigenvalue weighted by Gasteiger charge is -2.15. The molecule has 7 nitrogen and oxygen atoms in total. The fourth-order valence-corrected chi connectivity index (χ4v) is 4.62. The van der Waals surface area contributed by atoms with Crippen LogP contribution in [0.25, 0.3) is 0 Å². The molecule has 1 saturated carbocycles. The van der Waals surface area contributed by atoms with E-state index in [1.165, 1.54) is 25.1 Å². The molecule has 1 aliphatic carbocycles. The molecule has 0 aliphatic heterocycles. The number of nitrogens with one attached hydrogen (secondary N) is 2. The Balaban J connectivity index is 1.75. The van der Waals surface area contributed by atoms with Crippen molar-refractivity contribution < 1.29 is 27.1 Å². The van der Waals surface area contributed by atoms with Crippen molar-refractivity contribution in [3.05, 3.63) is 57.8 Å². The van der Waals surface area contributed by atoms with Crippen LogP contribution in [0.2, 0.25) is 10.0 Å². The van der Waals surface area contributed by atoms with Crippen LogP contribution < -0.4 is 10.0 Å². The van der Waals surface area contributed by atoms with Crippen molar-refractivity contribution in [2.24, 2.45) is 0 Å². The Morgan fingerprint density at radius 1 is 1.17 bits per heavy atom. The van der Waals surface area contributed by atoms with Gasteiger partial charge in [-0.2, -0.15) is 0 Å². The number of ether oxygens (including phenoxy) is 1. The number of benzene rings is 2. The quantitative estimate of drug-likeness (QED) is 0.594. The van der Waals surface area contributed by atoms with E-state index < -0.39 is 33.8 Å². The molecule has 2 aromatic carbocycles. The number of anilines is 1. The van der Waals surface area contributed by atoms with Gasteiger partial charge in [-0.15, -0.1) is 0 Å². The van der Waals surface area contributed by atoms with Gasteiger partial charge in [0, 0.05) is 11.7 Å². The summed E-state index contributed by atoms with van der Waals surface area (Å²) in [6, 6.07) is 7.16. The topological polar surface area (TPSA) is 102 Å². The van der Waals surface area contributed by atoms with Crippen molar-refractivity contribution in [1.82, 2.24) is 4.72 Å². The molecule has 0 heterocycles. The zero-order chi connectivity index (χ0) is 22.1. The van der Waals surface area contributed by atoms with Crippen molar-refractivity contribution in [3.8, 4) is 0 Å². The van der Waals surface area contributed by atoms with E-state index in [0.29, 0.717) is 0 Å². The average molecular weight is 475 g/mol. The second kappa shape index (κ2) is 8.89. The van der Waals surface area contributed by atoms with Crippen LogP contribution in [0.4, 0.5) is 10.1 Å². The van der Waals surface area contributed by atoms with Crippen LogP contribution in [-0.4, -0.2) is 32.4 Å². The normalized spacial score (nSPS) is 14.8. The largest absolute Gasteiger partial charge is 0.449 e. The van der Waals surface area contributed by atoms with Gasteiger partial charge in [0.2, 0.25) is 10.0 Å². The van der Waals surface area contributed by atoms with Crippen molar-refractivity contribution in [1.29, 1.82) is 0 Å². The van der Waals surface area contributed by atoms with E-state index in [4.69, 9.17) is 27.9 Å². The third kappa shape index (κ3) is 5.48. The molecule has 1 atom stereocenters. The summed E-state index contributed by atoms with van der Waals surface area (Å²) in [6.45, 7) is 1.31. The van der Waals surface area contributed by atoms with Crippen LogP contribution in [0, 0.1) is 5.82 Å². The van der Waals surface area contributed by atoms with Gasteiger partial charge < -0.3 is 10.1 Å². The van der Waals surface area contributed by atoms with Crippen molar-refractivity contribution >= 4 is 50.8 Å². The first kappa shape index (κ1) is 22.5. The van der Waals surface area contributed by atoms with Gasteiger partial charge in [-0.3, -0.25) is 4.79 Å². The summed E-state index contributed by atoms with van der Waals surface area (Å²) >= 11 is 12.0. The minimum absolute atomic E-state index is 0.131. The number of esters is 1. The van der Waals surface area contributed by atoms with Crippen LogP contribution in [0.3, 0.4) is 0 Å². The molecule has 0 spiro atoms. The fourth-order valence-electron chi connectivity index (χ4n) is 2.46. The second-order valence-electron chi connectivity index (χ2n) is 6.71. The summed E-state index contributed by atoms with van der Waals surface area (Å²) in [5.74, 6) is -2.26. The van der Waals surface area contributed by atoms with Crippen LogP contribution >= 0.6 is 23.2 Å². The molecule has 1 amide bonds. The smallest absolute Gasteiger partial charge is 0.340 e. The summed E-state index contributed by atoms with van der Waals surface area (Å²) in [4.78, 5) is 24.4. The average Bonchev–Trinajstić information content (AvgIpc) is 3.44. The van der Waals surface area contributed by atoms with Crippen molar-refractivity contribution in [3.63, 3.8) is 0 Å². The van der Waals surface area contributed by atoms with E-state index in [-0.39, 0.29) is 32.2 Å². The Morgan fingerprint density at radius 2 is 1.87 bits per heavy atom. The summed E-state index contributed by atoms with van der Waals surface area (Å²) in [6.07, 6.45) is 0.173. The van der Waals surface area contributed by atoms with E-state index in [2.05, 4.69) is 10.0 Å². The van der Waals surface area contributed by atoms with Crippen LogP contribution in [0.5, 0.6) is 0 Å². The third-order valence-corrected chi connectivity index (χ3v) is 6.47.